The maximum Gasteiger partial charge on any atom is 0.216 e. The van der Waals surface area contributed by atoms with Crippen molar-refractivity contribution in [2.75, 3.05) is 7.11 Å². The summed E-state index contributed by atoms with van der Waals surface area (Å²) in [6, 6.07) is 5.53. The molecule has 3 aromatic rings. The maximum absolute atomic E-state index is 6.14. The number of fused-ring (bicyclic) bond motifs is 1. The average molecular weight is 275 g/mol. The first-order valence-electron chi connectivity index (χ1n) is 5.66. The van der Waals surface area contributed by atoms with Crippen molar-refractivity contribution in [3.8, 4) is 17.1 Å². The molecule has 19 heavy (non-hydrogen) atoms. The Morgan fingerprint density at radius 3 is 2.84 bits per heavy atom. The molecule has 96 valence electrons. The first kappa shape index (κ1) is 11.9. The van der Waals surface area contributed by atoms with Gasteiger partial charge in [0, 0.05) is 29.1 Å². The highest BCUT2D eigenvalue weighted by Crippen LogP contribution is 2.31. The predicted octanol–water partition coefficient (Wildman–Crippen LogP) is 2.69. The zero-order chi connectivity index (χ0) is 13.4. The van der Waals surface area contributed by atoms with Crippen molar-refractivity contribution >= 4 is 22.5 Å². The largest absolute Gasteiger partial charge is 0.481 e. The SMILES string of the molecule is COc1cc(-c2cc(Cl)cc3cnn(C)c23)ncn1. The van der Waals surface area contributed by atoms with Crippen molar-refractivity contribution in [1.82, 2.24) is 19.7 Å². The van der Waals surface area contributed by atoms with Gasteiger partial charge in [0.2, 0.25) is 5.88 Å². The van der Waals surface area contributed by atoms with Crippen molar-refractivity contribution < 1.29 is 4.74 Å². The van der Waals surface area contributed by atoms with Crippen molar-refractivity contribution in [3.05, 3.63) is 35.7 Å². The van der Waals surface area contributed by atoms with Crippen LogP contribution in [-0.4, -0.2) is 26.9 Å². The van der Waals surface area contributed by atoms with Gasteiger partial charge in [-0.15, -0.1) is 0 Å². The van der Waals surface area contributed by atoms with Gasteiger partial charge >= 0.3 is 0 Å². The molecular weight excluding hydrogens is 264 g/mol. The van der Waals surface area contributed by atoms with Crippen LogP contribution < -0.4 is 4.74 Å². The summed E-state index contributed by atoms with van der Waals surface area (Å²) in [5.74, 6) is 0.514. The van der Waals surface area contributed by atoms with Gasteiger partial charge in [-0.1, -0.05) is 11.6 Å². The average Bonchev–Trinajstić information content (AvgIpc) is 2.79. The van der Waals surface area contributed by atoms with Gasteiger partial charge in [-0.05, 0) is 12.1 Å². The van der Waals surface area contributed by atoms with Gasteiger partial charge in [-0.25, -0.2) is 9.97 Å². The van der Waals surface area contributed by atoms with E-state index in [-0.39, 0.29) is 0 Å². The molecule has 0 spiro atoms. The van der Waals surface area contributed by atoms with E-state index in [2.05, 4.69) is 15.1 Å². The third kappa shape index (κ3) is 2.02. The fraction of sp³-hybridized carbons (Fsp3) is 0.154. The Labute approximate surface area is 114 Å². The van der Waals surface area contributed by atoms with E-state index in [0.29, 0.717) is 10.9 Å². The van der Waals surface area contributed by atoms with Crippen LogP contribution in [0.5, 0.6) is 5.88 Å². The van der Waals surface area contributed by atoms with Crippen LogP contribution in [0.25, 0.3) is 22.2 Å². The molecule has 0 saturated carbocycles. The van der Waals surface area contributed by atoms with Crippen LogP contribution in [0.3, 0.4) is 0 Å². The molecule has 0 fully saturated rings. The second-order valence-corrected chi connectivity index (χ2v) is 4.54. The van der Waals surface area contributed by atoms with Gasteiger partial charge in [-0.2, -0.15) is 5.10 Å². The first-order valence-corrected chi connectivity index (χ1v) is 6.04. The fourth-order valence-corrected chi connectivity index (χ4v) is 2.31. The Morgan fingerprint density at radius 1 is 1.21 bits per heavy atom. The van der Waals surface area contributed by atoms with Gasteiger partial charge in [0.25, 0.3) is 0 Å². The number of nitrogens with zero attached hydrogens (tertiary/aromatic N) is 4. The van der Waals surface area contributed by atoms with E-state index in [0.717, 1.165) is 22.2 Å². The van der Waals surface area contributed by atoms with E-state index < -0.39 is 0 Å². The first-order chi connectivity index (χ1) is 9.19. The van der Waals surface area contributed by atoms with Crippen LogP contribution in [-0.2, 0) is 7.05 Å². The third-order valence-corrected chi connectivity index (χ3v) is 3.14. The van der Waals surface area contributed by atoms with Gasteiger partial charge in [0.1, 0.15) is 6.33 Å². The van der Waals surface area contributed by atoms with Gasteiger partial charge in [0.15, 0.2) is 0 Å². The van der Waals surface area contributed by atoms with E-state index in [1.807, 2.05) is 19.2 Å². The monoisotopic (exact) mass is 274 g/mol. The minimum Gasteiger partial charge on any atom is -0.481 e. The normalized spacial score (nSPS) is 10.9. The van der Waals surface area contributed by atoms with Crippen LogP contribution in [0.1, 0.15) is 0 Å². The quantitative estimate of drug-likeness (QED) is 0.721. The topological polar surface area (TPSA) is 52.8 Å². The van der Waals surface area contributed by atoms with Crippen LogP contribution in [0, 0.1) is 0 Å². The molecule has 0 amide bonds. The highest BCUT2D eigenvalue weighted by molar-refractivity contribution is 6.31. The molecule has 2 aromatic heterocycles. The number of rotatable bonds is 2. The lowest BCUT2D eigenvalue weighted by atomic mass is 10.1. The molecule has 0 saturated heterocycles. The zero-order valence-corrected chi connectivity index (χ0v) is 11.2. The Morgan fingerprint density at radius 2 is 2.05 bits per heavy atom. The van der Waals surface area contributed by atoms with E-state index in [9.17, 15) is 0 Å². The van der Waals surface area contributed by atoms with Crippen LogP contribution in [0.15, 0.2) is 30.7 Å². The van der Waals surface area contributed by atoms with E-state index >= 15 is 0 Å². The molecule has 0 unspecified atom stereocenters. The number of methoxy groups -OCH3 is 1. The fourth-order valence-electron chi connectivity index (χ4n) is 2.08. The lowest BCUT2D eigenvalue weighted by molar-refractivity contribution is 0.397. The summed E-state index contributed by atoms with van der Waals surface area (Å²) in [5.41, 5.74) is 2.64. The maximum atomic E-state index is 6.14. The Hall–Kier alpha value is -2.14. The summed E-state index contributed by atoms with van der Waals surface area (Å²) in [4.78, 5) is 8.29. The van der Waals surface area contributed by atoms with Crippen molar-refractivity contribution in [3.63, 3.8) is 0 Å². The second-order valence-electron chi connectivity index (χ2n) is 4.10. The lowest BCUT2D eigenvalue weighted by Crippen LogP contribution is -1.95. The molecule has 0 N–H and O–H groups in total. The number of hydrogen-bond donors (Lipinski definition) is 0. The Balaban J connectivity index is 2.31. The van der Waals surface area contributed by atoms with Gasteiger partial charge in [-0.3, -0.25) is 4.68 Å². The Bertz CT molecular complexity index is 753. The summed E-state index contributed by atoms with van der Waals surface area (Å²) in [6.45, 7) is 0. The van der Waals surface area contributed by atoms with Crippen molar-refractivity contribution in [2.24, 2.45) is 7.05 Å². The molecule has 5 nitrogen and oxygen atoms in total. The van der Waals surface area contributed by atoms with Gasteiger partial charge < -0.3 is 4.74 Å². The number of benzene rings is 1. The molecule has 3 rings (SSSR count). The zero-order valence-electron chi connectivity index (χ0n) is 10.5. The van der Waals surface area contributed by atoms with Gasteiger partial charge in [0.05, 0.1) is 24.5 Å². The van der Waals surface area contributed by atoms with Crippen LogP contribution in [0.4, 0.5) is 0 Å². The van der Waals surface area contributed by atoms with Crippen molar-refractivity contribution in [2.45, 2.75) is 0 Å². The molecule has 0 atom stereocenters. The number of aryl methyl sites for hydroxylation is 1. The van der Waals surface area contributed by atoms with Crippen molar-refractivity contribution in [1.29, 1.82) is 0 Å². The third-order valence-electron chi connectivity index (χ3n) is 2.92. The second kappa shape index (κ2) is 4.51. The number of halogens is 1. The Kier molecular flexibility index (Phi) is 2.83. The van der Waals surface area contributed by atoms with E-state index in [1.165, 1.54) is 6.33 Å². The summed E-state index contributed by atoms with van der Waals surface area (Å²) in [7, 11) is 3.46. The molecule has 0 aliphatic heterocycles. The number of ether oxygens (including phenoxy) is 1. The molecular formula is C13H11ClN4O. The summed E-state index contributed by atoms with van der Waals surface area (Å²) < 4.78 is 6.93. The molecule has 0 aliphatic carbocycles. The molecule has 1 aromatic carbocycles. The minimum atomic E-state index is 0.514. The summed E-state index contributed by atoms with van der Waals surface area (Å²) in [5, 5.41) is 5.87. The minimum absolute atomic E-state index is 0.514. The predicted molar refractivity (Wildman–Crippen MR) is 73.3 cm³/mol. The highest BCUT2D eigenvalue weighted by atomic mass is 35.5. The molecule has 2 heterocycles. The van der Waals surface area contributed by atoms with E-state index in [4.69, 9.17) is 16.3 Å². The van der Waals surface area contributed by atoms with Crippen LogP contribution in [0.2, 0.25) is 5.02 Å². The smallest absolute Gasteiger partial charge is 0.216 e. The van der Waals surface area contributed by atoms with E-state index in [1.54, 1.807) is 24.1 Å². The number of aromatic nitrogens is 4. The molecule has 0 aliphatic rings. The number of hydrogen-bond acceptors (Lipinski definition) is 4. The van der Waals surface area contributed by atoms with Crippen LogP contribution >= 0.6 is 11.6 Å². The lowest BCUT2D eigenvalue weighted by Gasteiger charge is -2.06. The summed E-state index contributed by atoms with van der Waals surface area (Å²) >= 11 is 6.14. The molecule has 0 radical (unpaired) electrons. The summed E-state index contributed by atoms with van der Waals surface area (Å²) in [6.07, 6.45) is 3.25. The highest BCUT2D eigenvalue weighted by Gasteiger charge is 2.12. The molecule has 6 heteroatoms. The molecule has 0 bridgehead atoms. The standard InChI is InChI=1S/C13H11ClN4O/c1-18-13-8(6-17-18)3-9(14)4-10(13)11-5-12(19-2)16-7-15-11/h3-7H,1-2H3.